The lowest BCUT2D eigenvalue weighted by molar-refractivity contribution is 0.267. The summed E-state index contributed by atoms with van der Waals surface area (Å²) in [5.41, 5.74) is 1.20. The Bertz CT molecular complexity index is 627. The zero-order valence-electron chi connectivity index (χ0n) is 17.5. The number of benzene rings is 1. The van der Waals surface area contributed by atoms with Crippen molar-refractivity contribution in [1.29, 1.82) is 0 Å². The van der Waals surface area contributed by atoms with E-state index in [-0.39, 0.29) is 24.0 Å². The number of guanidine groups is 1. The number of aliphatic imine (C=N–C) groups is 1. The molecule has 7 heteroatoms. The average Bonchev–Trinajstić information content (AvgIpc) is 3.37. The normalized spacial score (nSPS) is 22.8. The first-order valence-electron chi connectivity index (χ1n) is 10.3. The summed E-state index contributed by atoms with van der Waals surface area (Å²) in [7, 11) is 3.60. The van der Waals surface area contributed by atoms with Crippen LogP contribution in [-0.2, 0) is 0 Å². The molecule has 2 aliphatic rings. The number of nitrogens with zero attached hydrogens (tertiary/aromatic N) is 3. The van der Waals surface area contributed by atoms with Crippen LogP contribution in [0.15, 0.2) is 29.3 Å². The first-order chi connectivity index (χ1) is 13.2. The van der Waals surface area contributed by atoms with Gasteiger partial charge in [0.05, 0.1) is 12.8 Å². The minimum absolute atomic E-state index is 0. The Labute approximate surface area is 187 Å². The zero-order chi connectivity index (χ0) is 19.1. The summed E-state index contributed by atoms with van der Waals surface area (Å²) in [6.07, 6.45) is 3.79. The first kappa shape index (κ1) is 23.1. The van der Waals surface area contributed by atoms with E-state index in [0.29, 0.717) is 12.0 Å². The molecular formula is C21H36IN5O. The van der Waals surface area contributed by atoms with Crippen LogP contribution in [0.1, 0.15) is 26.2 Å². The van der Waals surface area contributed by atoms with Gasteiger partial charge in [-0.15, -0.1) is 24.0 Å². The van der Waals surface area contributed by atoms with Crippen molar-refractivity contribution < 1.29 is 4.74 Å². The van der Waals surface area contributed by atoms with Crippen LogP contribution in [0.2, 0.25) is 0 Å². The van der Waals surface area contributed by atoms with Gasteiger partial charge in [-0.1, -0.05) is 19.1 Å². The smallest absolute Gasteiger partial charge is 0.191 e. The van der Waals surface area contributed by atoms with E-state index in [0.717, 1.165) is 44.4 Å². The number of hydrogen-bond donors (Lipinski definition) is 2. The van der Waals surface area contributed by atoms with Gasteiger partial charge < -0.3 is 20.3 Å². The molecule has 6 nitrogen and oxygen atoms in total. The van der Waals surface area contributed by atoms with E-state index in [1.807, 2.05) is 19.2 Å². The van der Waals surface area contributed by atoms with Gasteiger partial charge in [0.25, 0.3) is 0 Å². The van der Waals surface area contributed by atoms with Crippen molar-refractivity contribution in [3.05, 3.63) is 24.3 Å². The Morgan fingerprint density at radius 2 is 1.96 bits per heavy atom. The Morgan fingerprint density at radius 1 is 1.18 bits per heavy atom. The maximum atomic E-state index is 5.52. The SMILES string of the molecule is CCN1CCCC1CNC(=NC)NCC1CCN(c2ccccc2OC)C1.I. The van der Waals surface area contributed by atoms with Gasteiger partial charge in [-0.3, -0.25) is 9.89 Å². The molecule has 2 heterocycles. The number of methoxy groups -OCH3 is 1. The van der Waals surface area contributed by atoms with Crippen molar-refractivity contribution in [1.82, 2.24) is 15.5 Å². The molecule has 0 aromatic heterocycles. The van der Waals surface area contributed by atoms with E-state index in [2.05, 4.69) is 44.5 Å². The highest BCUT2D eigenvalue weighted by molar-refractivity contribution is 14.0. The molecular weight excluding hydrogens is 465 g/mol. The third kappa shape index (κ3) is 5.89. The summed E-state index contributed by atoms with van der Waals surface area (Å²) < 4.78 is 5.52. The number of likely N-dealkylation sites (tertiary alicyclic amines) is 1. The molecule has 3 rings (SSSR count). The van der Waals surface area contributed by atoms with E-state index < -0.39 is 0 Å². The summed E-state index contributed by atoms with van der Waals surface area (Å²) in [5, 5.41) is 7.06. The second kappa shape index (κ2) is 11.7. The maximum Gasteiger partial charge on any atom is 0.191 e. The molecule has 0 bridgehead atoms. The van der Waals surface area contributed by atoms with Crippen LogP contribution < -0.4 is 20.3 Å². The molecule has 158 valence electrons. The Kier molecular flexibility index (Phi) is 9.64. The molecule has 0 aliphatic carbocycles. The fourth-order valence-electron chi connectivity index (χ4n) is 4.33. The lowest BCUT2D eigenvalue weighted by atomic mass is 10.1. The predicted octanol–water partition coefficient (Wildman–Crippen LogP) is 2.79. The molecule has 2 fully saturated rings. The van der Waals surface area contributed by atoms with Gasteiger partial charge in [-0.05, 0) is 50.4 Å². The number of halogens is 1. The van der Waals surface area contributed by atoms with Crippen LogP contribution in [0.5, 0.6) is 5.75 Å². The van der Waals surface area contributed by atoms with Crippen molar-refractivity contribution in [3.63, 3.8) is 0 Å². The largest absolute Gasteiger partial charge is 0.495 e. The van der Waals surface area contributed by atoms with Crippen LogP contribution >= 0.6 is 24.0 Å². The highest BCUT2D eigenvalue weighted by atomic mass is 127. The van der Waals surface area contributed by atoms with Crippen LogP contribution in [0.4, 0.5) is 5.69 Å². The fourth-order valence-corrected chi connectivity index (χ4v) is 4.33. The van der Waals surface area contributed by atoms with Crippen LogP contribution in [-0.4, -0.2) is 70.3 Å². The minimum atomic E-state index is 0. The highest BCUT2D eigenvalue weighted by Crippen LogP contribution is 2.31. The molecule has 0 amide bonds. The maximum absolute atomic E-state index is 5.52. The van der Waals surface area contributed by atoms with Gasteiger partial charge in [0.15, 0.2) is 5.96 Å². The van der Waals surface area contributed by atoms with E-state index >= 15 is 0 Å². The first-order valence-corrected chi connectivity index (χ1v) is 10.3. The van der Waals surface area contributed by atoms with E-state index in [1.54, 1.807) is 7.11 Å². The monoisotopic (exact) mass is 501 g/mol. The number of likely N-dealkylation sites (N-methyl/N-ethyl adjacent to an activating group) is 1. The summed E-state index contributed by atoms with van der Waals surface area (Å²) >= 11 is 0. The average molecular weight is 501 g/mol. The summed E-state index contributed by atoms with van der Waals surface area (Å²) in [5.74, 6) is 2.50. The lowest BCUT2D eigenvalue weighted by Gasteiger charge is -2.24. The summed E-state index contributed by atoms with van der Waals surface area (Å²) in [4.78, 5) is 9.40. The summed E-state index contributed by atoms with van der Waals surface area (Å²) in [6, 6.07) is 8.93. The van der Waals surface area contributed by atoms with E-state index in [4.69, 9.17) is 4.74 Å². The second-order valence-electron chi connectivity index (χ2n) is 7.53. The predicted molar refractivity (Wildman–Crippen MR) is 128 cm³/mol. The van der Waals surface area contributed by atoms with Gasteiger partial charge in [-0.2, -0.15) is 0 Å². The number of para-hydroxylation sites is 2. The lowest BCUT2D eigenvalue weighted by Crippen LogP contribution is -2.46. The fraction of sp³-hybridized carbons (Fsp3) is 0.667. The number of ether oxygens (including phenoxy) is 1. The molecule has 1 aromatic rings. The third-order valence-corrected chi connectivity index (χ3v) is 5.90. The number of anilines is 1. The zero-order valence-corrected chi connectivity index (χ0v) is 19.8. The van der Waals surface area contributed by atoms with E-state index in [1.165, 1.54) is 31.5 Å². The number of hydrogen-bond acceptors (Lipinski definition) is 4. The van der Waals surface area contributed by atoms with Crippen molar-refractivity contribution >= 4 is 35.6 Å². The van der Waals surface area contributed by atoms with Gasteiger partial charge >= 0.3 is 0 Å². The second-order valence-corrected chi connectivity index (χ2v) is 7.53. The third-order valence-electron chi connectivity index (χ3n) is 5.90. The van der Waals surface area contributed by atoms with Crippen molar-refractivity contribution in [2.45, 2.75) is 32.2 Å². The Balaban J connectivity index is 0.00000280. The molecule has 2 atom stereocenters. The van der Waals surface area contributed by atoms with Gasteiger partial charge in [0.2, 0.25) is 0 Å². The molecule has 0 radical (unpaired) electrons. The topological polar surface area (TPSA) is 52.1 Å². The number of nitrogens with one attached hydrogen (secondary N) is 2. The van der Waals surface area contributed by atoms with Crippen molar-refractivity contribution in [3.8, 4) is 5.75 Å². The molecule has 28 heavy (non-hydrogen) atoms. The molecule has 0 spiro atoms. The van der Waals surface area contributed by atoms with Gasteiger partial charge in [0.1, 0.15) is 5.75 Å². The standard InChI is InChI=1S/C21H35N5O.HI/c1-4-25-12-7-8-18(25)15-24-21(22-2)23-14-17-11-13-26(16-17)19-9-5-6-10-20(19)27-3;/h5-6,9-10,17-18H,4,7-8,11-16H2,1-3H3,(H2,22,23,24);1H. The van der Waals surface area contributed by atoms with Crippen LogP contribution in [0, 0.1) is 5.92 Å². The van der Waals surface area contributed by atoms with E-state index in [9.17, 15) is 0 Å². The molecule has 0 saturated carbocycles. The Hall–Kier alpha value is -1.22. The Morgan fingerprint density at radius 3 is 2.71 bits per heavy atom. The molecule has 2 aliphatic heterocycles. The summed E-state index contributed by atoms with van der Waals surface area (Å²) in [6.45, 7) is 8.68. The van der Waals surface area contributed by atoms with Crippen LogP contribution in [0.3, 0.4) is 0 Å². The molecule has 1 aromatic carbocycles. The molecule has 2 unspecified atom stereocenters. The molecule has 2 saturated heterocycles. The minimum Gasteiger partial charge on any atom is -0.495 e. The highest BCUT2D eigenvalue weighted by Gasteiger charge is 2.25. The van der Waals surface area contributed by atoms with Gasteiger partial charge in [-0.25, -0.2) is 0 Å². The van der Waals surface area contributed by atoms with Crippen molar-refractivity contribution in [2.24, 2.45) is 10.9 Å². The van der Waals surface area contributed by atoms with Gasteiger partial charge in [0, 0.05) is 39.3 Å². The quantitative estimate of drug-likeness (QED) is 0.342. The van der Waals surface area contributed by atoms with Crippen LogP contribution in [0.25, 0.3) is 0 Å². The van der Waals surface area contributed by atoms with Crippen molar-refractivity contribution in [2.75, 3.05) is 58.3 Å². The number of rotatable bonds is 7. The molecule has 2 N–H and O–H groups in total.